The highest BCUT2D eigenvalue weighted by molar-refractivity contribution is 5.35. The van der Waals surface area contributed by atoms with E-state index in [0.717, 1.165) is 18.2 Å². The van der Waals surface area contributed by atoms with Crippen molar-refractivity contribution in [3.8, 4) is 5.75 Å². The van der Waals surface area contributed by atoms with Crippen LogP contribution < -0.4 is 10.1 Å². The molecule has 0 radical (unpaired) electrons. The lowest BCUT2D eigenvalue weighted by Crippen LogP contribution is -2.53. The van der Waals surface area contributed by atoms with Crippen LogP contribution in [-0.2, 0) is 5.54 Å². The van der Waals surface area contributed by atoms with Gasteiger partial charge in [0.1, 0.15) is 5.75 Å². The van der Waals surface area contributed by atoms with Crippen LogP contribution in [0, 0.1) is 5.92 Å². The minimum atomic E-state index is 0.227. The lowest BCUT2D eigenvalue weighted by molar-refractivity contribution is 0.101. The van der Waals surface area contributed by atoms with E-state index in [4.69, 9.17) is 4.74 Å². The fourth-order valence-corrected chi connectivity index (χ4v) is 3.91. The first-order valence-corrected chi connectivity index (χ1v) is 7.25. The standard InChI is InChI=1S/C16H23NO/c1-18-15-9-4-7-14(12-15)16-10-3-2-6-13(16)8-5-11-17-16/h4,7,9,12-13,17H,2-3,5-6,8,10-11H2,1H3/t13-,16-/m0/s1. The molecule has 2 heteroatoms. The smallest absolute Gasteiger partial charge is 0.119 e. The van der Waals surface area contributed by atoms with Gasteiger partial charge in [0.15, 0.2) is 0 Å². The second-order valence-corrected chi connectivity index (χ2v) is 5.72. The van der Waals surface area contributed by atoms with Gasteiger partial charge in [-0.05, 0) is 55.8 Å². The van der Waals surface area contributed by atoms with Crippen molar-refractivity contribution in [2.75, 3.05) is 13.7 Å². The fourth-order valence-electron chi connectivity index (χ4n) is 3.91. The second kappa shape index (κ2) is 4.93. The molecule has 1 aromatic rings. The Morgan fingerprint density at radius 2 is 2.11 bits per heavy atom. The van der Waals surface area contributed by atoms with E-state index < -0.39 is 0 Å². The highest BCUT2D eigenvalue weighted by atomic mass is 16.5. The maximum absolute atomic E-state index is 5.39. The van der Waals surface area contributed by atoms with Gasteiger partial charge in [-0.1, -0.05) is 25.0 Å². The molecule has 1 heterocycles. The molecule has 1 aliphatic heterocycles. The molecule has 98 valence electrons. The van der Waals surface area contributed by atoms with E-state index in [0.29, 0.717) is 0 Å². The summed E-state index contributed by atoms with van der Waals surface area (Å²) in [4.78, 5) is 0. The van der Waals surface area contributed by atoms with Crippen molar-refractivity contribution in [1.82, 2.24) is 5.32 Å². The second-order valence-electron chi connectivity index (χ2n) is 5.72. The van der Waals surface area contributed by atoms with Crippen molar-refractivity contribution in [2.45, 2.75) is 44.1 Å². The lowest BCUT2D eigenvalue weighted by Gasteiger charge is -2.48. The van der Waals surface area contributed by atoms with Crippen LogP contribution in [-0.4, -0.2) is 13.7 Å². The van der Waals surface area contributed by atoms with Crippen molar-refractivity contribution in [2.24, 2.45) is 5.92 Å². The molecule has 0 aromatic heterocycles. The Morgan fingerprint density at radius 3 is 3.00 bits per heavy atom. The average Bonchev–Trinajstić information content (AvgIpc) is 2.47. The number of piperidine rings is 1. The zero-order chi connectivity index (χ0) is 12.4. The van der Waals surface area contributed by atoms with E-state index in [1.165, 1.54) is 44.1 Å². The van der Waals surface area contributed by atoms with E-state index in [-0.39, 0.29) is 5.54 Å². The van der Waals surface area contributed by atoms with Gasteiger partial charge in [0.2, 0.25) is 0 Å². The first-order chi connectivity index (χ1) is 8.85. The van der Waals surface area contributed by atoms with Crippen LogP contribution in [0.25, 0.3) is 0 Å². The molecule has 1 N–H and O–H groups in total. The van der Waals surface area contributed by atoms with Crippen LogP contribution in [0.15, 0.2) is 24.3 Å². The molecule has 1 saturated carbocycles. The maximum atomic E-state index is 5.39. The first-order valence-electron chi connectivity index (χ1n) is 7.25. The van der Waals surface area contributed by atoms with Crippen molar-refractivity contribution >= 4 is 0 Å². The topological polar surface area (TPSA) is 21.3 Å². The molecule has 1 saturated heterocycles. The Bertz CT molecular complexity index is 403. The molecule has 18 heavy (non-hydrogen) atoms. The van der Waals surface area contributed by atoms with Crippen LogP contribution in [0.2, 0.25) is 0 Å². The Balaban J connectivity index is 1.98. The van der Waals surface area contributed by atoms with Gasteiger partial charge in [-0.15, -0.1) is 0 Å². The minimum Gasteiger partial charge on any atom is -0.497 e. The Morgan fingerprint density at radius 1 is 1.22 bits per heavy atom. The summed E-state index contributed by atoms with van der Waals surface area (Å²) in [5.74, 6) is 1.80. The highest BCUT2D eigenvalue weighted by Crippen LogP contribution is 2.46. The molecule has 2 nitrogen and oxygen atoms in total. The van der Waals surface area contributed by atoms with E-state index in [9.17, 15) is 0 Å². The van der Waals surface area contributed by atoms with Gasteiger partial charge in [0.05, 0.1) is 7.11 Å². The number of ether oxygens (including phenoxy) is 1. The predicted molar refractivity (Wildman–Crippen MR) is 73.9 cm³/mol. The summed E-state index contributed by atoms with van der Waals surface area (Å²) < 4.78 is 5.39. The molecule has 2 fully saturated rings. The quantitative estimate of drug-likeness (QED) is 0.861. The zero-order valence-corrected chi connectivity index (χ0v) is 11.2. The minimum absolute atomic E-state index is 0.227. The summed E-state index contributed by atoms with van der Waals surface area (Å²) in [5, 5.41) is 3.85. The third-order valence-electron chi connectivity index (χ3n) is 4.83. The maximum Gasteiger partial charge on any atom is 0.119 e. The monoisotopic (exact) mass is 245 g/mol. The number of fused-ring (bicyclic) bond motifs is 1. The zero-order valence-electron chi connectivity index (χ0n) is 11.2. The molecule has 1 aromatic carbocycles. The van der Waals surface area contributed by atoms with E-state index >= 15 is 0 Å². The summed E-state index contributed by atoms with van der Waals surface area (Å²) in [6.07, 6.45) is 8.12. The molecule has 1 aliphatic carbocycles. The van der Waals surface area contributed by atoms with Gasteiger partial charge in [0.25, 0.3) is 0 Å². The van der Waals surface area contributed by atoms with Crippen LogP contribution >= 0.6 is 0 Å². The number of hydrogen-bond donors (Lipinski definition) is 1. The van der Waals surface area contributed by atoms with Gasteiger partial charge in [-0.2, -0.15) is 0 Å². The van der Waals surface area contributed by atoms with Crippen molar-refractivity contribution in [3.63, 3.8) is 0 Å². The van der Waals surface area contributed by atoms with Crippen LogP contribution in [0.4, 0.5) is 0 Å². The van der Waals surface area contributed by atoms with Gasteiger partial charge in [-0.3, -0.25) is 0 Å². The summed E-state index contributed by atoms with van der Waals surface area (Å²) in [5.41, 5.74) is 1.66. The molecule has 2 atom stereocenters. The normalized spacial score (nSPS) is 31.7. The number of benzene rings is 1. The predicted octanol–water partition coefficient (Wildman–Crippen LogP) is 3.46. The first kappa shape index (κ1) is 12.0. The molecule has 0 amide bonds. The van der Waals surface area contributed by atoms with Gasteiger partial charge < -0.3 is 10.1 Å². The van der Waals surface area contributed by atoms with Gasteiger partial charge >= 0.3 is 0 Å². The van der Waals surface area contributed by atoms with E-state index in [2.05, 4.69) is 23.5 Å². The van der Waals surface area contributed by atoms with Crippen LogP contribution in [0.5, 0.6) is 5.75 Å². The summed E-state index contributed by atoms with van der Waals surface area (Å²) in [7, 11) is 1.75. The summed E-state index contributed by atoms with van der Waals surface area (Å²) in [6.45, 7) is 1.16. The SMILES string of the molecule is COc1cccc([C@]23CCCC[C@H]2CCCN3)c1. The molecule has 0 bridgehead atoms. The number of methoxy groups -OCH3 is 1. The fraction of sp³-hybridized carbons (Fsp3) is 0.625. The van der Waals surface area contributed by atoms with Gasteiger partial charge in [-0.25, -0.2) is 0 Å². The lowest BCUT2D eigenvalue weighted by atomic mass is 9.65. The Hall–Kier alpha value is -1.02. The highest BCUT2D eigenvalue weighted by Gasteiger charge is 2.43. The Kier molecular flexibility index (Phi) is 3.29. The van der Waals surface area contributed by atoms with Crippen molar-refractivity contribution in [3.05, 3.63) is 29.8 Å². The Labute approximate surface area is 110 Å². The molecule has 3 rings (SSSR count). The molecular formula is C16H23NO. The largest absolute Gasteiger partial charge is 0.497 e. The molecule has 0 spiro atoms. The molecule has 2 aliphatic rings. The molecular weight excluding hydrogens is 222 g/mol. The average molecular weight is 245 g/mol. The van der Waals surface area contributed by atoms with E-state index in [1.807, 2.05) is 6.07 Å². The number of hydrogen-bond acceptors (Lipinski definition) is 2. The molecule has 0 unspecified atom stereocenters. The number of nitrogens with one attached hydrogen (secondary N) is 1. The van der Waals surface area contributed by atoms with Crippen LogP contribution in [0.3, 0.4) is 0 Å². The van der Waals surface area contributed by atoms with Crippen molar-refractivity contribution < 1.29 is 4.74 Å². The van der Waals surface area contributed by atoms with Gasteiger partial charge in [0, 0.05) is 5.54 Å². The summed E-state index contributed by atoms with van der Waals surface area (Å²) in [6, 6.07) is 8.68. The number of rotatable bonds is 2. The van der Waals surface area contributed by atoms with Crippen LogP contribution in [0.1, 0.15) is 44.1 Å². The third-order valence-corrected chi connectivity index (χ3v) is 4.83. The summed E-state index contributed by atoms with van der Waals surface area (Å²) >= 11 is 0. The van der Waals surface area contributed by atoms with E-state index in [1.54, 1.807) is 7.11 Å². The van der Waals surface area contributed by atoms with Crippen molar-refractivity contribution in [1.29, 1.82) is 0 Å². The third kappa shape index (κ3) is 1.93.